The Morgan fingerprint density at radius 2 is 1.96 bits per heavy atom. The van der Waals surface area contributed by atoms with Crippen LogP contribution in [0.25, 0.3) is 6.08 Å². The summed E-state index contributed by atoms with van der Waals surface area (Å²) < 4.78 is 6.74. The van der Waals surface area contributed by atoms with Crippen molar-refractivity contribution in [2.45, 2.75) is 0 Å². The van der Waals surface area contributed by atoms with E-state index < -0.39 is 0 Å². The van der Waals surface area contributed by atoms with Crippen LogP contribution in [-0.2, 0) is 4.79 Å². The Bertz CT molecular complexity index is 852. The molecular formula is C17H11BrClNO2S2. The molecule has 1 saturated heterocycles. The minimum absolute atomic E-state index is 0.158. The van der Waals surface area contributed by atoms with Crippen molar-refractivity contribution in [2.75, 3.05) is 12.0 Å². The van der Waals surface area contributed by atoms with Gasteiger partial charge in [0.2, 0.25) is 0 Å². The lowest BCUT2D eigenvalue weighted by atomic mass is 10.2. The number of thioether (sulfide) groups is 1. The zero-order valence-corrected chi connectivity index (χ0v) is 16.4. The Kier molecular flexibility index (Phi) is 5.30. The van der Waals surface area contributed by atoms with Gasteiger partial charge in [-0.1, -0.05) is 51.5 Å². The normalized spacial score (nSPS) is 16.1. The quantitative estimate of drug-likeness (QED) is 0.464. The highest BCUT2D eigenvalue weighted by molar-refractivity contribution is 9.10. The smallest absolute Gasteiger partial charge is 0.270 e. The van der Waals surface area contributed by atoms with Crippen molar-refractivity contribution in [3.63, 3.8) is 0 Å². The first-order valence-corrected chi connectivity index (χ1v) is 9.26. The maximum absolute atomic E-state index is 12.8. The number of benzene rings is 2. The van der Waals surface area contributed by atoms with E-state index in [1.807, 2.05) is 18.2 Å². The SMILES string of the molecule is COc1ccc(Br)cc1/C=C1/SC(=S)N(c2ccc(Cl)cc2)C1=O. The van der Waals surface area contributed by atoms with Gasteiger partial charge < -0.3 is 4.74 Å². The lowest BCUT2D eigenvalue weighted by Gasteiger charge is -2.14. The molecule has 0 unspecified atom stereocenters. The molecule has 1 aliphatic rings. The standard InChI is InChI=1S/C17H11BrClNO2S2/c1-22-14-7-2-11(18)8-10(14)9-15-16(21)20(17(23)24-15)13-5-3-12(19)4-6-13/h2-9H,1H3/b15-9+. The van der Waals surface area contributed by atoms with E-state index in [1.54, 1.807) is 37.5 Å². The summed E-state index contributed by atoms with van der Waals surface area (Å²) in [6.45, 7) is 0. The lowest BCUT2D eigenvalue weighted by molar-refractivity contribution is -0.113. The molecule has 1 aliphatic heterocycles. The van der Waals surface area contributed by atoms with Crippen LogP contribution in [0.3, 0.4) is 0 Å². The minimum atomic E-state index is -0.158. The average molecular weight is 441 g/mol. The van der Waals surface area contributed by atoms with E-state index >= 15 is 0 Å². The topological polar surface area (TPSA) is 29.5 Å². The Morgan fingerprint density at radius 3 is 2.62 bits per heavy atom. The van der Waals surface area contributed by atoms with Gasteiger partial charge in [-0.05, 0) is 48.5 Å². The Hall–Kier alpha value is -1.34. The van der Waals surface area contributed by atoms with Gasteiger partial charge in [0.1, 0.15) is 5.75 Å². The predicted molar refractivity (Wildman–Crippen MR) is 108 cm³/mol. The van der Waals surface area contributed by atoms with Gasteiger partial charge in [-0.3, -0.25) is 9.69 Å². The van der Waals surface area contributed by atoms with Gasteiger partial charge in [-0.2, -0.15) is 0 Å². The molecule has 1 fully saturated rings. The molecule has 2 aromatic carbocycles. The first-order chi connectivity index (χ1) is 11.5. The summed E-state index contributed by atoms with van der Waals surface area (Å²) in [6.07, 6.45) is 1.79. The Labute approximate surface area is 162 Å². The molecule has 0 radical (unpaired) electrons. The second-order valence-corrected chi connectivity index (χ2v) is 7.91. The van der Waals surface area contributed by atoms with Gasteiger partial charge in [-0.15, -0.1) is 0 Å². The third kappa shape index (κ3) is 3.52. The van der Waals surface area contributed by atoms with Gasteiger partial charge in [0.15, 0.2) is 4.32 Å². The monoisotopic (exact) mass is 439 g/mol. The molecule has 3 nitrogen and oxygen atoms in total. The van der Waals surface area contributed by atoms with Crippen molar-refractivity contribution >= 4 is 73.5 Å². The number of methoxy groups -OCH3 is 1. The molecular weight excluding hydrogens is 430 g/mol. The number of carbonyl (C=O) groups is 1. The largest absolute Gasteiger partial charge is 0.496 e. The number of halogens is 2. The molecule has 0 atom stereocenters. The lowest BCUT2D eigenvalue weighted by Crippen LogP contribution is -2.27. The van der Waals surface area contributed by atoms with E-state index in [2.05, 4.69) is 15.9 Å². The van der Waals surface area contributed by atoms with Gasteiger partial charge in [0, 0.05) is 15.1 Å². The summed E-state index contributed by atoms with van der Waals surface area (Å²) in [6, 6.07) is 12.6. The number of amides is 1. The molecule has 2 aromatic rings. The highest BCUT2D eigenvalue weighted by Crippen LogP contribution is 2.37. The number of hydrogen-bond acceptors (Lipinski definition) is 4. The number of hydrogen-bond donors (Lipinski definition) is 0. The maximum atomic E-state index is 12.8. The van der Waals surface area contributed by atoms with E-state index in [0.29, 0.717) is 25.7 Å². The first-order valence-electron chi connectivity index (χ1n) is 6.86. The third-order valence-corrected chi connectivity index (χ3v) is 5.40. The van der Waals surface area contributed by atoms with Crippen LogP contribution in [0.5, 0.6) is 5.75 Å². The number of rotatable bonds is 3. The molecule has 0 bridgehead atoms. The molecule has 0 N–H and O–H groups in total. The van der Waals surface area contributed by atoms with Crippen LogP contribution in [0.2, 0.25) is 5.02 Å². The van der Waals surface area contributed by atoms with Crippen molar-refractivity contribution in [3.8, 4) is 5.75 Å². The van der Waals surface area contributed by atoms with Crippen LogP contribution in [0, 0.1) is 0 Å². The van der Waals surface area contributed by atoms with Crippen LogP contribution in [0.4, 0.5) is 5.69 Å². The van der Waals surface area contributed by atoms with Gasteiger partial charge in [0.25, 0.3) is 5.91 Å². The van der Waals surface area contributed by atoms with Crippen molar-refractivity contribution in [1.82, 2.24) is 0 Å². The van der Waals surface area contributed by atoms with E-state index in [-0.39, 0.29) is 5.91 Å². The zero-order chi connectivity index (χ0) is 17.3. The predicted octanol–water partition coefficient (Wildman–Crippen LogP) is 5.52. The van der Waals surface area contributed by atoms with Crippen molar-refractivity contribution in [3.05, 3.63) is 62.4 Å². The molecule has 1 heterocycles. The maximum Gasteiger partial charge on any atom is 0.270 e. The third-order valence-electron chi connectivity index (χ3n) is 3.36. The number of carbonyl (C=O) groups excluding carboxylic acids is 1. The second-order valence-electron chi connectivity index (χ2n) is 4.88. The highest BCUT2D eigenvalue weighted by Gasteiger charge is 2.33. The fraction of sp³-hybridized carbons (Fsp3) is 0.0588. The Morgan fingerprint density at radius 1 is 1.25 bits per heavy atom. The molecule has 24 heavy (non-hydrogen) atoms. The Balaban J connectivity index is 1.97. The fourth-order valence-electron chi connectivity index (χ4n) is 2.24. The number of anilines is 1. The van der Waals surface area contributed by atoms with Crippen LogP contribution in [-0.4, -0.2) is 17.3 Å². The van der Waals surface area contributed by atoms with Crippen LogP contribution >= 0.6 is 51.5 Å². The first kappa shape index (κ1) is 17.5. The van der Waals surface area contributed by atoms with Gasteiger partial charge in [-0.25, -0.2) is 0 Å². The fourth-order valence-corrected chi connectivity index (χ4v) is 4.03. The summed E-state index contributed by atoms with van der Waals surface area (Å²) in [5, 5.41) is 0.610. The van der Waals surface area contributed by atoms with Crippen LogP contribution < -0.4 is 9.64 Å². The number of nitrogens with zero attached hydrogens (tertiary/aromatic N) is 1. The molecule has 0 spiro atoms. The van der Waals surface area contributed by atoms with Crippen molar-refractivity contribution in [1.29, 1.82) is 0 Å². The molecule has 3 rings (SSSR count). The second kappa shape index (κ2) is 7.27. The zero-order valence-electron chi connectivity index (χ0n) is 12.5. The van der Waals surface area contributed by atoms with E-state index in [9.17, 15) is 4.79 Å². The summed E-state index contributed by atoms with van der Waals surface area (Å²) in [7, 11) is 1.60. The van der Waals surface area contributed by atoms with Crippen LogP contribution in [0.15, 0.2) is 51.8 Å². The summed E-state index contributed by atoms with van der Waals surface area (Å²) >= 11 is 16.0. The van der Waals surface area contributed by atoms with E-state index in [0.717, 1.165) is 10.0 Å². The summed E-state index contributed by atoms with van der Waals surface area (Å²) in [5.41, 5.74) is 1.51. The van der Waals surface area contributed by atoms with Crippen molar-refractivity contribution < 1.29 is 9.53 Å². The van der Waals surface area contributed by atoms with E-state index in [1.165, 1.54) is 16.7 Å². The minimum Gasteiger partial charge on any atom is -0.496 e. The van der Waals surface area contributed by atoms with Crippen molar-refractivity contribution in [2.24, 2.45) is 0 Å². The van der Waals surface area contributed by atoms with E-state index in [4.69, 9.17) is 28.6 Å². The number of thiocarbonyl (C=S) groups is 1. The molecule has 0 aliphatic carbocycles. The summed E-state index contributed by atoms with van der Waals surface area (Å²) in [5.74, 6) is 0.532. The highest BCUT2D eigenvalue weighted by atomic mass is 79.9. The van der Waals surface area contributed by atoms with Gasteiger partial charge in [0.05, 0.1) is 17.7 Å². The molecule has 122 valence electrons. The molecule has 0 aromatic heterocycles. The molecule has 0 saturated carbocycles. The summed E-state index contributed by atoms with van der Waals surface area (Å²) in [4.78, 5) is 14.8. The average Bonchev–Trinajstić information content (AvgIpc) is 2.83. The molecule has 7 heteroatoms. The van der Waals surface area contributed by atoms with Crippen LogP contribution in [0.1, 0.15) is 5.56 Å². The molecule has 1 amide bonds. The van der Waals surface area contributed by atoms with Gasteiger partial charge >= 0.3 is 0 Å². The number of ether oxygens (including phenoxy) is 1.